The van der Waals surface area contributed by atoms with E-state index >= 15 is 0 Å². The number of hydrogen-bond acceptors (Lipinski definition) is 6. The highest BCUT2D eigenvalue weighted by Gasteiger charge is 2.22. The van der Waals surface area contributed by atoms with Crippen LogP contribution in [0.2, 0.25) is 0 Å². The number of allylic oxidation sites excluding steroid dienone is 1. The number of esters is 1. The third-order valence-electron chi connectivity index (χ3n) is 2.10. The van der Waals surface area contributed by atoms with Gasteiger partial charge in [-0.25, -0.2) is 4.79 Å². The lowest BCUT2D eigenvalue weighted by molar-refractivity contribution is -0.129. The van der Waals surface area contributed by atoms with Crippen LogP contribution < -0.4 is 4.74 Å². The highest BCUT2D eigenvalue weighted by molar-refractivity contribution is 7.86. The number of para-hydroxylation sites is 1. The molecule has 0 saturated carbocycles. The zero-order valence-electron chi connectivity index (χ0n) is 11.1. The van der Waals surface area contributed by atoms with Crippen molar-refractivity contribution in [1.82, 2.24) is 0 Å². The number of ether oxygens (including phenoxy) is 1. The van der Waals surface area contributed by atoms with E-state index in [0.717, 1.165) is 0 Å². The molecule has 0 aliphatic carbocycles. The first-order chi connectivity index (χ1) is 9.36. The first kappa shape index (κ1) is 16.4. The Balaban J connectivity index is 3.03. The average molecular weight is 300 g/mol. The Morgan fingerprint density at radius 1 is 1.40 bits per heavy atom. The van der Waals surface area contributed by atoms with Crippen LogP contribution in [-0.2, 0) is 19.1 Å². The first-order valence-electron chi connectivity index (χ1n) is 5.88. The topological polar surface area (TPSA) is 89.9 Å². The SMILES string of the molecule is CC=CC(=O)Oc1ccccc1S(=O)(=O)OCC(C)O. The molecule has 0 aliphatic rings. The van der Waals surface area contributed by atoms with Crippen molar-refractivity contribution in [3.8, 4) is 5.75 Å². The highest BCUT2D eigenvalue weighted by atomic mass is 32.2. The van der Waals surface area contributed by atoms with Gasteiger partial charge in [0, 0.05) is 6.08 Å². The lowest BCUT2D eigenvalue weighted by Crippen LogP contribution is -2.17. The Bertz CT molecular complexity index is 589. The van der Waals surface area contributed by atoms with Crippen LogP contribution in [0.5, 0.6) is 5.75 Å². The molecule has 1 aromatic rings. The van der Waals surface area contributed by atoms with Gasteiger partial charge in [0.1, 0.15) is 4.90 Å². The van der Waals surface area contributed by atoms with Gasteiger partial charge in [-0.2, -0.15) is 8.42 Å². The number of benzene rings is 1. The lowest BCUT2D eigenvalue weighted by Gasteiger charge is -2.10. The predicted octanol–water partition coefficient (Wildman–Crippen LogP) is 1.25. The molecule has 0 bridgehead atoms. The summed E-state index contributed by atoms with van der Waals surface area (Å²) >= 11 is 0. The summed E-state index contributed by atoms with van der Waals surface area (Å²) in [5.74, 6) is -0.813. The van der Waals surface area contributed by atoms with E-state index in [1.165, 1.54) is 43.3 Å². The van der Waals surface area contributed by atoms with E-state index < -0.39 is 22.2 Å². The molecule has 1 aromatic carbocycles. The van der Waals surface area contributed by atoms with Gasteiger partial charge in [0.25, 0.3) is 0 Å². The molecule has 0 heterocycles. The van der Waals surface area contributed by atoms with Gasteiger partial charge >= 0.3 is 16.1 Å². The fraction of sp³-hybridized carbons (Fsp3) is 0.308. The zero-order chi connectivity index (χ0) is 15.2. The predicted molar refractivity (Wildman–Crippen MR) is 71.7 cm³/mol. The van der Waals surface area contributed by atoms with E-state index in [9.17, 15) is 13.2 Å². The van der Waals surface area contributed by atoms with Crippen LogP contribution in [0.3, 0.4) is 0 Å². The Kier molecular flexibility index (Phi) is 5.87. The third-order valence-corrected chi connectivity index (χ3v) is 3.42. The van der Waals surface area contributed by atoms with Crippen molar-refractivity contribution < 1.29 is 27.2 Å². The average Bonchev–Trinajstić information content (AvgIpc) is 2.37. The molecule has 110 valence electrons. The Hall–Kier alpha value is -1.70. The summed E-state index contributed by atoms with van der Waals surface area (Å²) in [6, 6.07) is 5.62. The molecular formula is C13H16O6S. The van der Waals surface area contributed by atoms with E-state index in [2.05, 4.69) is 4.18 Å². The molecular weight excluding hydrogens is 284 g/mol. The van der Waals surface area contributed by atoms with Gasteiger partial charge in [0.2, 0.25) is 0 Å². The van der Waals surface area contributed by atoms with Crippen molar-refractivity contribution in [1.29, 1.82) is 0 Å². The maximum absolute atomic E-state index is 12.0. The van der Waals surface area contributed by atoms with Crippen molar-refractivity contribution in [2.75, 3.05) is 6.61 Å². The fourth-order valence-corrected chi connectivity index (χ4v) is 2.38. The van der Waals surface area contributed by atoms with Crippen LogP contribution in [0, 0.1) is 0 Å². The van der Waals surface area contributed by atoms with Crippen LogP contribution in [0.25, 0.3) is 0 Å². The molecule has 0 aliphatic heterocycles. The summed E-state index contributed by atoms with van der Waals surface area (Å²) in [5.41, 5.74) is 0. The van der Waals surface area contributed by atoms with E-state index in [0.29, 0.717) is 0 Å². The number of hydrogen-bond donors (Lipinski definition) is 1. The highest BCUT2D eigenvalue weighted by Crippen LogP contribution is 2.25. The van der Waals surface area contributed by atoms with E-state index in [1.54, 1.807) is 6.92 Å². The van der Waals surface area contributed by atoms with Crippen molar-refractivity contribution in [3.63, 3.8) is 0 Å². The van der Waals surface area contributed by atoms with Crippen LogP contribution >= 0.6 is 0 Å². The molecule has 0 spiro atoms. The first-order valence-corrected chi connectivity index (χ1v) is 7.28. The van der Waals surface area contributed by atoms with Gasteiger partial charge in [-0.15, -0.1) is 0 Å². The molecule has 6 nitrogen and oxygen atoms in total. The summed E-state index contributed by atoms with van der Waals surface area (Å²) < 4.78 is 33.5. The summed E-state index contributed by atoms with van der Waals surface area (Å²) in [4.78, 5) is 11.1. The molecule has 7 heteroatoms. The monoisotopic (exact) mass is 300 g/mol. The number of carbonyl (C=O) groups is 1. The minimum absolute atomic E-state index is 0.124. The van der Waals surface area contributed by atoms with Crippen molar-refractivity contribution >= 4 is 16.1 Å². The standard InChI is InChI=1S/C13H16O6S/c1-3-6-13(15)19-11-7-4-5-8-12(11)20(16,17)18-9-10(2)14/h3-8,10,14H,9H2,1-2H3. The summed E-state index contributed by atoms with van der Waals surface area (Å²) in [5, 5.41) is 9.06. The fourth-order valence-electron chi connectivity index (χ4n) is 1.27. The van der Waals surface area contributed by atoms with Crippen molar-refractivity contribution in [3.05, 3.63) is 36.4 Å². The smallest absolute Gasteiger partial charge is 0.335 e. The second kappa shape index (κ2) is 7.18. The van der Waals surface area contributed by atoms with E-state index in [-0.39, 0.29) is 17.3 Å². The third kappa shape index (κ3) is 4.76. The van der Waals surface area contributed by atoms with Crippen LogP contribution in [0.4, 0.5) is 0 Å². The lowest BCUT2D eigenvalue weighted by atomic mass is 10.3. The molecule has 0 aromatic heterocycles. The number of carbonyl (C=O) groups excluding carboxylic acids is 1. The number of aliphatic hydroxyl groups excluding tert-OH is 1. The molecule has 20 heavy (non-hydrogen) atoms. The zero-order valence-corrected chi connectivity index (χ0v) is 12.0. The van der Waals surface area contributed by atoms with Crippen LogP contribution in [-0.4, -0.2) is 32.2 Å². The number of rotatable bonds is 6. The minimum Gasteiger partial charge on any atom is -0.422 e. The quantitative estimate of drug-likeness (QED) is 0.368. The number of aliphatic hydroxyl groups is 1. The van der Waals surface area contributed by atoms with Crippen molar-refractivity contribution in [2.45, 2.75) is 24.8 Å². The van der Waals surface area contributed by atoms with E-state index in [1.807, 2.05) is 0 Å². The Morgan fingerprint density at radius 2 is 2.05 bits per heavy atom. The Labute approximate surface area is 117 Å². The normalized spacial score (nSPS) is 13.3. The van der Waals surface area contributed by atoms with Crippen LogP contribution in [0.15, 0.2) is 41.3 Å². The van der Waals surface area contributed by atoms with Gasteiger partial charge in [-0.3, -0.25) is 4.18 Å². The molecule has 1 atom stereocenters. The Morgan fingerprint density at radius 3 is 2.65 bits per heavy atom. The van der Waals surface area contributed by atoms with E-state index in [4.69, 9.17) is 9.84 Å². The second-order valence-corrected chi connectivity index (χ2v) is 5.54. The maximum Gasteiger partial charge on any atom is 0.335 e. The molecule has 0 radical (unpaired) electrons. The molecule has 1 N–H and O–H groups in total. The molecule has 0 amide bonds. The van der Waals surface area contributed by atoms with Gasteiger partial charge < -0.3 is 9.84 Å². The molecule has 1 unspecified atom stereocenters. The van der Waals surface area contributed by atoms with Gasteiger partial charge in [-0.05, 0) is 26.0 Å². The van der Waals surface area contributed by atoms with Crippen LogP contribution in [0.1, 0.15) is 13.8 Å². The molecule has 0 saturated heterocycles. The molecule has 1 rings (SSSR count). The van der Waals surface area contributed by atoms with Gasteiger partial charge in [0.05, 0.1) is 12.7 Å². The van der Waals surface area contributed by atoms with Gasteiger partial charge in [0.15, 0.2) is 5.75 Å². The summed E-state index contributed by atoms with van der Waals surface area (Å²) in [7, 11) is -4.11. The maximum atomic E-state index is 12.0. The minimum atomic E-state index is -4.11. The molecule has 0 fully saturated rings. The second-order valence-electron chi connectivity index (χ2n) is 3.96. The summed E-state index contributed by atoms with van der Waals surface area (Å²) in [6.45, 7) is 2.66. The summed E-state index contributed by atoms with van der Waals surface area (Å²) in [6.07, 6.45) is 1.71. The van der Waals surface area contributed by atoms with Gasteiger partial charge in [-0.1, -0.05) is 18.2 Å². The van der Waals surface area contributed by atoms with Crippen molar-refractivity contribution in [2.24, 2.45) is 0 Å². The largest absolute Gasteiger partial charge is 0.422 e.